The summed E-state index contributed by atoms with van der Waals surface area (Å²) in [6.45, 7) is 2.15. The smallest absolute Gasteiger partial charge is 0.316 e. The first kappa shape index (κ1) is 11.3. The predicted molar refractivity (Wildman–Crippen MR) is 54.4 cm³/mol. The van der Waals surface area contributed by atoms with Gasteiger partial charge in [0.15, 0.2) is 5.16 Å². The van der Waals surface area contributed by atoms with E-state index >= 15 is 0 Å². The van der Waals surface area contributed by atoms with Crippen LogP contribution < -0.4 is 0 Å². The van der Waals surface area contributed by atoms with Crippen LogP contribution in [0.4, 0.5) is 0 Å². The number of ether oxygens (including phenoxy) is 1. The first-order valence-electron chi connectivity index (χ1n) is 3.99. The second kappa shape index (κ2) is 5.82. The zero-order valence-electron chi connectivity index (χ0n) is 7.57. The predicted octanol–water partition coefficient (Wildman–Crippen LogP) is 1.79. The van der Waals surface area contributed by atoms with Gasteiger partial charge in [-0.15, -0.1) is 0 Å². The molecule has 0 amide bonds. The van der Waals surface area contributed by atoms with Crippen molar-refractivity contribution >= 4 is 29.3 Å². The average Bonchev–Trinajstić information content (AvgIpc) is 2.15. The summed E-state index contributed by atoms with van der Waals surface area (Å²) in [6, 6.07) is 1.58. The van der Waals surface area contributed by atoms with Crippen LogP contribution in [0.25, 0.3) is 0 Å². The molecule has 0 aromatic carbocycles. The standard InChI is InChI=1S/C8H9ClN2O2S/c1-2-13-7(12)5-14-8-10-4-3-6(9)11-8/h3-4H,2,5H2,1H3. The first-order chi connectivity index (χ1) is 6.72. The van der Waals surface area contributed by atoms with E-state index in [2.05, 4.69) is 9.97 Å². The Hall–Kier alpha value is -0.810. The molecule has 0 unspecified atom stereocenters. The Balaban J connectivity index is 2.41. The van der Waals surface area contributed by atoms with Gasteiger partial charge in [-0.3, -0.25) is 4.79 Å². The highest BCUT2D eigenvalue weighted by Gasteiger charge is 2.05. The summed E-state index contributed by atoms with van der Waals surface area (Å²) in [5, 5.41) is 0.844. The van der Waals surface area contributed by atoms with Gasteiger partial charge in [0.05, 0.1) is 12.4 Å². The second-order valence-electron chi connectivity index (χ2n) is 2.26. The average molecular weight is 233 g/mol. The summed E-state index contributed by atoms with van der Waals surface area (Å²) >= 11 is 6.84. The van der Waals surface area contributed by atoms with E-state index in [0.717, 1.165) is 0 Å². The van der Waals surface area contributed by atoms with Gasteiger partial charge in [-0.1, -0.05) is 23.4 Å². The minimum absolute atomic E-state index is 0.203. The van der Waals surface area contributed by atoms with Crippen molar-refractivity contribution in [2.75, 3.05) is 12.4 Å². The molecule has 0 aliphatic carbocycles. The van der Waals surface area contributed by atoms with Crippen LogP contribution in [-0.4, -0.2) is 28.3 Å². The maximum atomic E-state index is 11.0. The van der Waals surface area contributed by atoms with E-state index in [0.29, 0.717) is 16.9 Å². The van der Waals surface area contributed by atoms with Gasteiger partial charge in [-0.25, -0.2) is 9.97 Å². The van der Waals surface area contributed by atoms with Gasteiger partial charge >= 0.3 is 5.97 Å². The van der Waals surface area contributed by atoms with E-state index in [1.165, 1.54) is 11.8 Å². The molecule has 1 aromatic rings. The summed E-state index contributed by atoms with van der Waals surface area (Å²) < 4.78 is 4.75. The highest BCUT2D eigenvalue weighted by molar-refractivity contribution is 7.99. The number of hydrogen-bond donors (Lipinski definition) is 0. The fraction of sp³-hybridized carbons (Fsp3) is 0.375. The van der Waals surface area contributed by atoms with Gasteiger partial charge in [-0.2, -0.15) is 0 Å². The lowest BCUT2D eigenvalue weighted by Gasteiger charge is -2.00. The molecule has 76 valence electrons. The lowest BCUT2D eigenvalue weighted by molar-refractivity contribution is -0.139. The van der Waals surface area contributed by atoms with E-state index in [4.69, 9.17) is 16.3 Å². The number of hydrogen-bond acceptors (Lipinski definition) is 5. The van der Waals surface area contributed by atoms with E-state index in [-0.39, 0.29) is 11.7 Å². The minimum Gasteiger partial charge on any atom is -0.465 e. The molecule has 0 saturated heterocycles. The van der Waals surface area contributed by atoms with Gasteiger partial charge in [0.1, 0.15) is 5.15 Å². The number of esters is 1. The molecule has 6 heteroatoms. The maximum absolute atomic E-state index is 11.0. The molecule has 0 fully saturated rings. The third-order valence-electron chi connectivity index (χ3n) is 1.22. The molecular weight excluding hydrogens is 224 g/mol. The van der Waals surface area contributed by atoms with Crippen LogP contribution in [0.5, 0.6) is 0 Å². The molecule has 1 aromatic heterocycles. The van der Waals surface area contributed by atoms with Crippen molar-refractivity contribution in [3.05, 3.63) is 17.4 Å². The topological polar surface area (TPSA) is 52.1 Å². The van der Waals surface area contributed by atoms with Gasteiger partial charge in [-0.05, 0) is 13.0 Å². The molecule has 1 rings (SSSR count). The van der Waals surface area contributed by atoms with Gasteiger partial charge in [0, 0.05) is 6.20 Å². The molecule has 0 bridgehead atoms. The molecule has 0 aliphatic heterocycles. The molecule has 0 radical (unpaired) electrons. The number of nitrogens with zero attached hydrogens (tertiary/aromatic N) is 2. The summed E-state index contributed by atoms with van der Waals surface area (Å²) in [6.07, 6.45) is 1.54. The molecule has 0 aliphatic rings. The van der Waals surface area contributed by atoms with E-state index in [1.54, 1.807) is 19.2 Å². The van der Waals surface area contributed by atoms with Crippen LogP contribution in [0, 0.1) is 0 Å². The molecule has 0 atom stereocenters. The van der Waals surface area contributed by atoms with Gasteiger partial charge < -0.3 is 4.74 Å². The third kappa shape index (κ3) is 3.93. The van der Waals surface area contributed by atoms with E-state index in [9.17, 15) is 4.79 Å². The second-order valence-corrected chi connectivity index (χ2v) is 3.59. The lowest BCUT2D eigenvalue weighted by Crippen LogP contribution is -2.06. The zero-order chi connectivity index (χ0) is 10.4. The highest BCUT2D eigenvalue weighted by atomic mass is 35.5. The Kier molecular flexibility index (Phi) is 4.69. The van der Waals surface area contributed by atoms with Gasteiger partial charge in [0.25, 0.3) is 0 Å². The van der Waals surface area contributed by atoms with Crippen LogP contribution in [0.15, 0.2) is 17.4 Å². The van der Waals surface area contributed by atoms with Crippen molar-refractivity contribution in [1.29, 1.82) is 0 Å². The van der Waals surface area contributed by atoms with Gasteiger partial charge in [0.2, 0.25) is 0 Å². The molecule has 0 saturated carbocycles. The Bertz CT molecular complexity index is 322. The molecule has 4 nitrogen and oxygen atoms in total. The molecule has 0 N–H and O–H groups in total. The summed E-state index contributed by atoms with van der Waals surface area (Å²) in [4.78, 5) is 18.8. The highest BCUT2D eigenvalue weighted by Crippen LogP contribution is 2.14. The quantitative estimate of drug-likeness (QED) is 0.343. The normalized spacial score (nSPS) is 9.86. The first-order valence-corrected chi connectivity index (χ1v) is 5.35. The number of halogens is 1. The van der Waals surface area contributed by atoms with Crippen molar-refractivity contribution in [2.45, 2.75) is 12.1 Å². The van der Waals surface area contributed by atoms with Crippen molar-refractivity contribution in [3.63, 3.8) is 0 Å². The number of carbonyl (C=O) groups is 1. The van der Waals surface area contributed by atoms with E-state index < -0.39 is 0 Å². The number of rotatable bonds is 4. The molecule has 1 heterocycles. The largest absolute Gasteiger partial charge is 0.465 e. The molecule has 14 heavy (non-hydrogen) atoms. The molecular formula is C8H9ClN2O2S. The molecule has 0 spiro atoms. The third-order valence-corrected chi connectivity index (χ3v) is 2.27. The van der Waals surface area contributed by atoms with Crippen LogP contribution in [0.2, 0.25) is 5.15 Å². The van der Waals surface area contributed by atoms with Crippen molar-refractivity contribution in [3.8, 4) is 0 Å². The monoisotopic (exact) mass is 232 g/mol. The number of thioether (sulfide) groups is 1. The van der Waals surface area contributed by atoms with Crippen LogP contribution >= 0.6 is 23.4 Å². The Morgan fingerprint density at radius 1 is 1.71 bits per heavy atom. The van der Waals surface area contributed by atoms with Crippen molar-refractivity contribution in [2.24, 2.45) is 0 Å². The SMILES string of the molecule is CCOC(=O)CSc1nccc(Cl)n1. The fourth-order valence-corrected chi connectivity index (χ4v) is 1.53. The Labute approximate surface area is 91.0 Å². The van der Waals surface area contributed by atoms with Crippen LogP contribution in [0.3, 0.4) is 0 Å². The maximum Gasteiger partial charge on any atom is 0.316 e. The van der Waals surface area contributed by atoms with Crippen molar-refractivity contribution < 1.29 is 9.53 Å². The Morgan fingerprint density at radius 3 is 3.14 bits per heavy atom. The lowest BCUT2D eigenvalue weighted by atomic mass is 10.7. The Morgan fingerprint density at radius 2 is 2.50 bits per heavy atom. The summed E-state index contributed by atoms with van der Waals surface area (Å²) in [5.41, 5.74) is 0. The number of carbonyl (C=O) groups excluding carboxylic acids is 1. The van der Waals surface area contributed by atoms with E-state index in [1.807, 2.05) is 0 Å². The minimum atomic E-state index is -0.277. The number of aromatic nitrogens is 2. The summed E-state index contributed by atoms with van der Waals surface area (Å²) in [7, 11) is 0. The fourth-order valence-electron chi connectivity index (χ4n) is 0.716. The van der Waals surface area contributed by atoms with Crippen LogP contribution in [0.1, 0.15) is 6.92 Å². The van der Waals surface area contributed by atoms with Crippen molar-refractivity contribution in [1.82, 2.24) is 9.97 Å². The zero-order valence-corrected chi connectivity index (χ0v) is 9.14. The summed E-state index contributed by atoms with van der Waals surface area (Å²) in [5.74, 6) is -0.0742. The van der Waals surface area contributed by atoms with Crippen LogP contribution in [-0.2, 0) is 9.53 Å².